The van der Waals surface area contributed by atoms with Crippen molar-refractivity contribution in [2.45, 2.75) is 26.5 Å². The minimum absolute atomic E-state index is 0.0792. The Bertz CT molecular complexity index is 437. The summed E-state index contributed by atoms with van der Waals surface area (Å²) < 4.78 is 5.74. The summed E-state index contributed by atoms with van der Waals surface area (Å²) in [6.07, 6.45) is 3.55. The van der Waals surface area contributed by atoms with E-state index in [-0.39, 0.29) is 11.1 Å². The van der Waals surface area contributed by atoms with Crippen molar-refractivity contribution in [2.24, 2.45) is 0 Å². The molecule has 0 saturated carbocycles. The van der Waals surface area contributed by atoms with Gasteiger partial charge >= 0.3 is 0 Å². The monoisotopic (exact) mass is 231 g/mol. The Hall–Kier alpha value is -1.58. The summed E-state index contributed by atoms with van der Waals surface area (Å²) >= 11 is 0. The SMILES string of the molecule is CC1=C[NH+]([O-])C(C)C=C1OCc1ccccc1. The van der Waals surface area contributed by atoms with Crippen LogP contribution < -0.4 is 5.06 Å². The van der Waals surface area contributed by atoms with Crippen LogP contribution in [0.25, 0.3) is 0 Å². The molecule has 0 amide bonds. The fourth-order valence-corrected chi connectivity index (χ4v) is 1.75. The lowest BCUT2D eigenvalue weighted by Crippen LogP contribution is -3.06. The Kier molecular flexibility index (Phi) is 3.61. The first kappa shape index (κ1) is 11.9. The number of quaternary nitrogens is 1. The standard InChI is InChI=1S/C14H17NO2/c1-11-9-15(16)12(2)8-14(11)17-10-13-6-4-3-5-7-13/h3-9,12,15H,10H2,1-2H3. The highest BCUT2D eigenvalue weighted by Crippen LogP contribution is 2.15. The van der Waals surface area contributed by atoms with Crippen molar-refractivity contribution in [1.29, 1.82) is 0 Å². The molecule has 3 heteroatoms. The second-order valence-corrected chi connectivity index (χ2v) is 4.32. The van der Waals surface area contributed by atoms with Gasteiger partial charge in [-0.15, -0.1) is 0 Å². The van der Waals surface area contributed by atoms with E-state index in [0.29, 0.717) is 6.61 Å². The summed E-state index contributed by atoms with van der Waals surface area (Å²) in [6, 6.07) is 9.93. The molecule has 0 spiro atoms. The number of nitrogens with one attached hydrogen (secondary N) is 1. The molecule has 17 heavy (non-hydrogen) atoms. The molecule has 0 radical (unpaired) electrons. The number of allylic oxidation sites excluding steroid dienone is 1. The van der Waals surface area contributed by atoms with Gasteiger partial charge in [0.15, 0.2) is 0 Å². The van der Waals surface area contributed by atoms with Gasteiger partial charge in [-0.05, 0) is 19.4 Å². The summed E-state index contributed by atoms with van der Waals surface area (Å²) in [6.45, 7) is 4.33. The highest BCUT2D eigenvalue weighted by Gasteiger charge is 2.16. The van der Waals surface area contributed by atoms with Crippen molar-refractivity contribution in [1.82, 2.24) is 0 Å². The number of ether oxygens (including phenoxy) is 1. The Morgan fingerprint density at radius 1 is 1.29 bits per heavy atom. The predicted octanol–water partition coefficient (Wildman–Crippen LogP) is 1.78. The van der Waals surface area contributed by atoms with Crippen LogP contribution in [0.1, 0.15) is 19.4 Å². The molecule has 0 aliphatic carbocycles. The maximum absolute atomic E-state index is 11.4. The smallest absolute Gasteiger partial charge is 0.129 e. The van der Waals surface area contributed by atoms with E-state index < -0.39 is 0 Å². The third-order valence-corrected chi connectivity index (χ3v) is 2.83. The van der Waals surface area contributed by atoms with Gasteiger partial charge in [-0.25, -0.2) is 0 Å². The van der Waals surface area contributed by atoms with Crippen molar-refractivity contribution in [2.75, 3.05) is 0 Å². The van der Waals surface area contributed by atoms with Gasteiger partial charge in [-0.3, -0.25) is 0 Å². The van der Waals surface area contributed by atoms with Crippen LogP contribution in [0.5, 0.6) is 0 Å². The molecule has 0 bridgehead atoms. The summed E-state index contributed by atoms with van der Waals surface area (Å²) in [5.41, 5.74) is 2.04. The largest absolute Gasteiger partial charge is 0.629 e. The normalized spacial score (nSPS) is 23.9. The van der Waals surface area contributed by atoms with Crippen molar-refractivity contribution in [3.05, 3.63) is 64.7 Å². The predicted molar refractivity (Wildman–Crippen MR) is 66.9 cm³/mol. The highest BCUT2D eigenvalue weighted by molar-refractivity contribution is 5.25. The van der Waals surface area contributed by atoms with E-state index in [2.05, 4.69) is 0 Å². The molecule has 1 aliphatic rings. The minimum Gasteiger partial charge on any atom is -0.629 e. The lowest BCUT2D eigenvalue weighted by atomic mass is 10.1. The lowest BCUT2D eigenvalue weighted by Gasteiger charge is -2.28. The quantitative estimate of drug-likeness (QED) is 0.805. The second kappa shape index (κ2) is 5.17. The van der Waals surface area contributed by atoms with Gasteiger partial charge in [0.05, 0.1) is 0 Å². The molecule has 1 aromatic carbocycles. The van der Waals surface area contributed by atoms with E-state index in [1.807, 2.05) is 50.3 Å². The average Bonchev–Trinajstić information content (AvgIpc) is 2.33. The Morgan fingerprint density at radius 2 is 2.00 bits per heavy atom. The van der Waals surface area contributed by atoms with E-state index in [1.54, 1.807) is 6.20 Å². The number of hydrogen-bond acceptors (Lipinski definition) is 2. The zero-order chi connectivity index (χ0) is 12.3. The fraction of sp³-hybridized carbons (Fsp3) is 0.286. The van der Waals surface area contributed by atoms with Gasteiger partial charge in [-0.1, -0.05) is 30.3 Å². The number of hydroxylamine groups is 2. The van der Waals surface area contributed by atoms with E-state index in [4.69, 9.17) is 4.74 Å². The number of rotatable bonds is 3. The molecular formula is C14H17NO2. The Labute approximate surface area is 102 Å². The molecule has 2 rings (SSSR count). The third kappa shape index (κ3) is 2.96. The second-order valence-electron chi connectivity index (χ2n) is 4.32. The molecule has 1 aliphatic heterocycles. The van der Waals surface area contributed by atoms with Crippen LogP contribution in [0, 0.1) is 5.21 Å². The van der Waals surface area contributed by atoms with Crippen LogP contribution >= 0.6 is 0 Å². The van der Waals surface area contributed by atoms with E-state index in [1.165, 1.54) is 0 Å². The van der Waals surface area contributed by atoms with E-state index in [9.17, 15) is 5.21 Å². The first-order valence-corrected chi connectivity index (χ1v) is 5.78. The summed E-state index contributed by atoms with van der Waals surface area (Å²) in [5.74, 6) is 0.820. The lowest BCUT2D eigenvalue weighted by molar-refractivity contribution is -0.812. The molecule has 90 valence electrons. The van der Waals surface area contributed by atoms with Crippen molar-refractivity contribution in [3.63, 3.8) is 0 Å². The third-order valence-electron chi connectivity index (χ3n) is 2.83. The maximum atomic E-state index is 11.4. The fourth-order valence-electron chi connectivity index (χ4n) is 1.75. The Morgan fingerprint density at radius 3 is 2.71 bits per heavy atom. The number of hydrogen-bond donors (Lipinski definition) is 1. The molecule has 1 aromatic rings. The molecule has 0 aromatic heterocycles. The maximum Gasteiger partial charge on any atom is 0.129 e. The Balaban J connectivity index is 2.00. The van der Waals surface area contributed by atoms with Crippen molar-refractivity contribution < 1.29 is 9.80 Å². The molecule has 0 fully saturated rings. The number of benzene rings is 1. The topological polar surface area (TPSA) is 36.7 Å². The van der Waals surface area contributed by atoms with Gasteiger partial charge in [0, 0.05) is 11.6 Å². The first-order chi connectivity index (χ1) is 8.16. The van der Waals surface area contributed by atoms with Gasteiger partial charge in [0.25, 0.3) is 0 Å². The van der Waals surface area contributed by atoms with Crippen molar-refractivity contribution in [3.8, 4) is 0 Å². The molecule has 0 saturated heterocycles. The van der Waals surface area contributed by atoms with Gasteiger partial charge in [0.2, 0.25) is 0 Å². The van der Waals surface area contributed by atoms with Crippen LogP contribution in [-0.4, -0.2) is 6.04 Å². The first-order valence-electron chi connectivity index (χ1n) is 5.78. The van der Waals surface area contributed by atoms with Crippen LogP contribution in [0.4, 0.5) is 0 Å². The van der Waals surface area contributed by atoms with Crippen LogP contribution in [0.2, 0.25) is 0 Å². The van der Waals surface area contributed by atoms with Gasteiger partial charge in [0.1, 0.15) is 24.6 Å². The molecular weight excluding hydrogens is 214 g/mol. The zero-order valence-electron chi connectivity index (χ0n) is 10.1. The minimum atomic E-state index is -0.0792. The van der Waals surface area contributed by atoms with Crippen molar-refractivity contribution >= 4 is 0 Å². The van der Waals surface area contributed by atoms with Gasteiger partial charge in [-0.2, -0.15) is 0 Å². The summed E-state index contributed by atoms with van der Waals surface area (Å²) in [7, 11) is 0. The zero-order valence-corrected chi connectivity index (χ0v) is 10.1. The van der Waals surface area contributed by atoms with Gasteiger partial charge < -0.3 is 15.0 Å². The summed E-state index contributed by atoms with van der Waals surface area (Å²) in [5, 5.41) is 11.6. The summed E-state index contributed by atoms with van der Waals surface area (Å²) in [4.78, 5) is 0. The molecule has 2 unspecified atom stereocenters. The molecule has 2 atom stereocenters. The molecule has 3 nitrogen and oxygen atoms in total. The van der Waals surface area contributed by atoms with E-state index in [0.717, 1.165) is 16.9 Å². The molecule has 1 heterocycles. The van der Waals surface area contributed by atoms with Crippen LogP contribution in [-0.2, 0) is 11.3 Å². The molecule has 1 N–H and O–H groups in total. The van der Waals surface area contributed by atoms with E-state index >= 15 is 0 Å². The average molecular weight is 231 g/mol. The van der Waals surface area contributed by atoms with Crippen LogP contribution in [0.15, 0.2) is 53.9 Å². The highest BCUT2D eigenvalue weighted by atomic mass is 16.5. The van der Waals surface area contributed by atoms with Crippen LogP contribution in [0.3, 0.4) is 0 Å².